The number of nitrogens with zero attached hydrogens (tertiary/aromatic N) is 2. The van der Waals surface area contributed by atoms with Crippen molar-refractivity contribution in [2.45, 2.75) is 33.7 Å². The maximum absolute atomic E-state index is 9.14. The van der Waals surface area contributed by atoms with Crippen molar-refractivity contribution >= 4 is 5.69 Å². The average Bonchev–Trinajstić information content (AvgIpc) is 2.69. The fourth-order valence-electron chi connectivity index (χ4n) is 2.29. The highest BCUT2D eigenvalue weighted by Crippen LogP contribution is 2.27. The first kappa shape index (κ1) is 13.2. The van der Waals surface area contributed by atoms with Gasteiger partial charge < -0.3 is 9.84 Å². The van der Waals surface area contributed by atoms with Crippen LogP contribution in [-0.4, -0.2) is 5.16 Å². The van der Waals surface area contributed by atoms with Crippen molar-refractivity contribution in [2.75, 3.05) is 5.32 Å². The fraction of sp³-hybridized carbons (Fsp3) is 0.333. The van der Waals surface area contributed by atoms with Crippen molar-refractivity contribution in [3.8, 4) is 6.07 Å². The summed E-state index contributed by atoms with van der Waals surface area (Å²) in [5.74, 6) is 0.809. The quantitative estimate of drug-likeness (QED) is 0.909. The highest BCUT2D eigenvalue weighted by molar-refractivity contribution is 5.59. The van der Waals surface area contributed by atoms with Crippen LogP contribution in [0.4, 0.5) is 5.69 Å². The largest absolute Gasteiger partial charge is 0.377 e. The molecule has 98 valence electrons. The van der Waals surface area contributed by atoms with Gasteiger partial charge in [-0.2, -0.15) is 5.26 Å². The number of anilines is 1. The van der Waals surface area contributed by atoms with E-state index in [0.717, 1.165) is 28.3 Å². The van der Waals surface area contributed by atoms with Crippen LogP contribution in [0.3, 0.4) is 0 Å². The third-order valence-electron chi connectivity index (χ3n) is 3.19. The Balaban J connectivity index is 2.32. The van der Waals surface area contributed by atoms with Gasteiger partial charge >= 0.3 is 0 Å². The molecular weight excluding hydrogens is 238 g/mol. The number of hydrogen-bond acceptors (Lipinski definition) is 4. The van der Waals surface area contributed by atoms with Gasteiger partial charge in [0, 0.05) is 5.56 Å². The Labute approximate surface area is 113 Å². The van der Waals surface area contributed by atoms with E-state index in [-0.39, 0.29) is 6.04 Å². The van der Waals surface area contributed by atoms with Crippen LogP contribution in [0.2, 0.25) is 0 Å². The van der Waals surface area contributed by atoms with Crippen LogP contribution in [0.5, 0.6) is 0 Å². The summed E-state index contributed by atoms with van der Waals surface area (Å²) in [6.45, 7) is 7.86. The zero-order valence-electron chi connectivity index (χ0n) is 11.6. The highest BCUT2D eigenvalue weighted by atomic mass is 16.5. The maximum atomic E-state index is 9.14. The van der Waals surface area contributed by atoms with Crippen molar-refractivity contribution in [1.82, 2.24) is 5.16 Å². The SMILES string of the molecule is Cc1ccc(C#N)c(NC(C)c2c(C)noc2C)c1. The molecule has 0 radical (unpaired) electrons. The predicted octanol–water partition coefficient (Wildman–Crippen LogP) is 3.64. The van der Waals surface area contributed by atoms with Gasteiger partial charge in [-0.1, -0.05) is 11.2 Å². The van der Waals surface area contributed by atoms with Crippen LogP contribution in [0, 0.1) is 32.1 Å². The number of nitriles is 1. The van der Waals surface area contributed by atoms with E-state index in [1.54, 1.807) is 0 Å². The lowest BCUT2D eigenvalue weighted by Gasteiger charge is -2.16. The number of aromatic nitrogens is 1. The smallest absolute Gasteiger partial charge is 0.139 e. The van der Waals surface area contributed by atoms with E-state index in [2.05, 4.69) is 16.5 Å². The average molecular weight is 255 g/mol. The van der Waals surface area contributed by atoms with Crippen molar-refractivity contribution in [1.29, 1.82) is 5.26 Å². The van der Waals surface area contributed by atoms with E-state index in [4.69, 9.17) is 9.78 Å². The molecule has 2 aromatic rings. The van der Waals surface area contributed by atoms with Crippen LogP contribution >= 0.6 is 0 Å². The lowest BCUT2D eigenvalue weighted by molar-refractivity contribution is 0.392. The zero-order valence-corrected chi connectivity index (χ0v) is 11.6. The lowest BCUT2D eigenvalue weighted by Crippen LogP contribution is -2.09. The van der Waals surface area contributed by atoms with Crippen LogP contribution in [0.25, 0.3) is 0 Å². The Kier molecular flexibility index (Phi) is 3.57. The van der Waals surface area contributed by atoms with Crippen LogP contribution in [-0.2, 0) is 0 Å². The summed E-state index contributed by atoms with van der Waals surface area (Å²) >= 11 is 0. The van der Waals surface area contributed by atoms with E-state index in [1.807, 2.05) is 45.9 Å². The van der Waals surface area contributed by atoms with Crippen LogP contribution in [0.15, 0.2) is 22.7 Å². The van der Waals surface area contributed by atoms with Gasteiger partial charge in [-0.25, -0.2) is 0 Å². The first-order chi connectivity index (χ1) is 9.02. The highest BCUT2D eigenvalue weighted by Gasteiger charge is 2.17. The molecule has 19 heavy (non-hydrogen) atoms. The molecule has 0 spiro atoms. The molecule has 1 N–H and O–H groups in total. The van der Waals surface area contributed by atoms with E-state index < -0.39 is 0 Å². The normalized spacial score (nSPS) is 11.9. The first-order valence-electron chi connectivity index (χ1n) is 6.23. The molecule has 1 unspecified atom stereocenters. The van der Waals surface area contributed by atoms with Gasteiger partial charge in [0.1, 0.15) is 11.8 Å². The Morgan fingerprint density at radius 1 is 1.32 bits per heavy atom. The molecule has 0 aliphatic heterocycles. The molecule has 0 aliphatic carbocycles. The van der Waals surface area contributed by atoms with Gasteiger partial charge in [-0.15, -0.1) is 0 Å². The molecule has 0 bridgehead atoms. The molecule has 0 saturated heterocycles. The fourth-order valence-corrected chi connectivity index (χ4v) is 2.29. The second kappa shape index (κ2) is 5.15. The molecule has 4 nitrogen and oxygen atoms in total. The van der Waals surface area contributed by atoms with Crippen LogP contribution < -0.4 is 5.32 Å². The molecule has 4 heteroatoms. The Bertz CT molecular complexity index is 618. The summed E-state index contributed by atoms with van der Waals surface area (Å²) in [7, 11) is 0. The topological polar surface area (TPSA) is 61.9 Å². The second-order valence-corrected chi connectivity index (χ2v) is 4.76. The van der Waals surface area contributed by atoms with E-state index in [0.29, 0.717) is 5.56 Å². The third-order valence-corrected chi connectivity index (χ3v) is 3.19. The Morgan fingerprint density at radius 3 is 2.63 bits per heavy atom. The van der Waals surface area contributed by atoms with E-state index >= 15 is 0 Å². The summed E-state index contributed by atoms with van der Waals surface area (Å²) in [4.78, 5) is 0. The zero-order chi connectivity index (χ0) is 14.0. The summed E-state index contributed by atoms with van der Waals surface area (Å²) in [6.07, 6.45) is 0. The minimum absolute atomic E-state index is 0.0418. The molecular formula is C15H17N3O. The molecule has 2 rings (SSSR count). The molecule has 1 atom stereocenters. The first-order valence-corrected chi connectivity index (χ1v) is 6.23. The summed E-state index contributed by atoms with van der Waals surface area (Å²) in [5.41, 5.74) is 4.53. The van der Waals surface area contributed by atoms with Gasteiger partial charge in [0.2, 0.25) is 0 Å². The van der Waals surface area contributed by atoms with Crippen molar-refractivity contribution in [3.63, 3.8) is 0 Å². The molecule has 0 amide bonds. The number of aryl methyl sites for hydroxylation is 3. The molecule has 1 aromatic heterocycles. The maximum Gasteiger partial charge on any atom is 0.139 e. The summed E-state index contributed by atoms with van der Waals surface area (Å²) in [6, 6.07) is 7.99. The molecule has 0 aliphatic rings. The van der Waals surface area contributed by atoms with Crippen LogP contribution in [0.1, 0.15) is 41.1 Å². The minimum atomic E-state index is 0.0418. The second-order valence-electron chi connectivity index (χ2n) is 4.76. The van der Waals surface area contributed by atoms with Crippen molar-refractivity contribution in [3.05, 3.63) is 46.3 Å². The Morgan fingerprint density at radius 2 is 2.05 bits per heavy atom. The summed E-state index contributed by atoms with van der Waals surface area (Å²) < 4.78 is 5.18. The van der Waals surface area contributed by atoms with Gasteiger partial charge in [-0.05, 0) is 45.4 Å². The van der Waals surface area contributed by atoms with Gasteiger partial charge in [0.25, 0.3) is 0 Å². The third kappa shape index (κ3) is 2.60. The minimum Gasteiger partial charge on any atom is -0.377 e. The van der Waals surface area contributed by atoms with Crippen molar-refractivity contribution in [2.24, 2.45) is 0 Å². The van der Waals surface area contributed by atoms with Gasteiger partial charge in [-0.3, -0.25) is 0 Å². The van der Waals surface area contributed by atoms with E-state index in [1.165, 1.54) is 0 Å². The Hall–Kier alpha value is -2.28. The number of nitrogens with one attached hydrogen (secondary N) is 1. The van der Waals surface area contributed by atoms with Crippen molar-refractivity contribution < 1.29 is 4.52 Å². The standard InChI is InChI=1S/C15H17N3O/c1-9-5-6-13(8-16)14(7-9)17-10(2)15-11(3)18-19-12(15)4/h5-7,10,17H,1-4H3. The molecule has 1 aromatic carbocycles. The molecule has 0 fully saturated rings. The predicted molar refractivity (Wildman–Crippen MR) is 73.9 cm³/mol. The van der Waals surface area contributed by atoms with Gasteiger partial charge in [0.05, 0.1) is 23.0 Å². The molecule has 0 saturated carbocycles. The van der Waals surface area contributed by atoms with E-state index in [9.17, 15) is 0 Å². The number of hydrogen-bond donors (Lipinski definition) is 1. The number of benzene rings is 1. The van der Waals surface area contributed by atoms with Gasteiger partial charge in [0.15, 0.2) is 0 Å². The summed E-state index contributed by atoms with van der Waals surface area (Å²) in [5, 5.41) is 16.5. The number of rotatable bonds is 3. The monoisotopic (exact) mass is 255 g/mol. The molecule has 1 heterocycles. The lowest BCUT2D eigenvalue weighted by atomic mass is 10.0.